The van der Waals surface area contributed by atoms with Gasteiger partial charge in [-0.3, -0.25) is 0 Å². The lowest BCUT2D eigenvalue weighted by atomic mass is 9.99. The van der Waals surface area contributed by atoms with Gasteiger partial charge >= 0.3 is 5.97 Å². The third-order valence-corrected chi connectivity index (χ3v) is 5.12. The minimum absolute atomic E-state index is 0.101. The molecule has 1 heterocycles. The smallest absolute Gasteiger partial charge is 0.338 e. The fraction of sp³-hybridized carbons (Fsp3) is 0.533. The molecule has 1 saturated heterocycles. The summed E-state index contributed by atoms with van der Waals surface area (Å²) < 4.78 is 18.2. The highest BCUT2D eigenvalue weighted by Gasteiger charge is 2.34. The van der Waals surface area contributed by atoms with Gasteiger partial charge in [0.1, 0.15) is 9.68 Å². The molecule has 0 N–H and O–H groups in total. The first-order valence-electron chi connectivity index (χ1n) is 6.96. The Bertz CT molecular complexity index is 470. The van der Waals surface area contributed by atoms with Crippen molar-refractivity contribution in [2.45, 2.75) is 24.8 Å². The molecule has 114 valence electrons. The molecule has 0 amide bonds. The first-order chi connectivity index (χ1) is 10.2. The van der Waals surface area contributed by atoms with Gasteiger partial charge in [-0.2, -0.15) is 0 Å². The minimum Gasteiger partial charge on any atom is -0.465 e. The summed E-state index contributed by atoms with van der Waals surface area (Å²) in [6.45, 7) is 0.988. The lowest BCUT2D eigenvalue weighted by Crippen LogP contribution is -2.39. The van der Waals surface area contributed by atoms with Gasteiger partial charge in [0.2, 0.25) is 0 Å². The number of hydrogen-bond donors (Lipinski definition) is 0. The molecule has 5 nitrogen and oxygen atoms in total. The number of hydrogen-bond acceptors (Lipinski definition) is 5. The number of ether oxygens (including phenoxy) is 3. The second kappa shape index (κ2) is 7.70. The van der Waals surface area contributed by atoms with E-state index < -0.39 is 6.29 Å². The predicted molar refractivity (Wildman–Crippen MR) is 80.2 cm³/mol. The van der Waals surface area contributed by atoms with Gasteiger partial charge in [-0.05, 0) is 30.6 Å². The van der Waals surface area contributed by atoms with E-state index in [2.05, 4.69) is 4.57 Å². The first-order valence-corrected chi connectivity index (χ1v) is 8.11. The number of nitrogens with zero attached hydrogens (tertiary/aromatic N) is 1. The summed E-state index contributed by atoms with van der Waals surface area (Å²) >= 11 is 0. The van der Waals surface area contributed by atoms with E-state index in [-0.39, 0.29) is 12.0 Å². The van der Waals surface area contributed by atoms with Crippen LogP contribution in [0.3, 0.4) is 0 Å². The molecule has 2 rings (SSSR count). The summed E-state index contributed by atoms with van der Waals surface area (Å²) in [6, 6.07) is 8.58. The third kappa shape index (κ3) is 3.52. The number of carbonyl (C=O) groups excluding carboxylic acids is 1. The van der Waals surface area contributed by atoms with E-state index in [1.807, 2.05) is 18.2 Å². The number of benzene rings is 1. The van der Waals surface area contributed by atoms with Crippen LogP contribution in [0.4, 0.5) is 0 Å². The Morgan fingerprint density at radius 2 is 1.95 bits per heavy atom. The van der Waals surface area contributed by atoms with Crippen LogP contribution in [0.5, 0.6) is 0 Å². The molecule has 0 aliphatic carbocycles. The van der Waals surface area contributed by atoms with Crippen molar-refractivity contribution in [2.24, 2.45) is 0 Å². The molecular weight excluding hydrogens is 286 g/mol. The zero-order chi connectivity index (χ0) is 15.2. The summed E-state index contributed by atoms with van der Waals surface area (Å²) in [7, 11) is 5.37. The molecule has 6 heteroatoms. The third-order valence-electron chi connectivity index (χ3n) is 3.63. The summed E-state index contributed by atoms with van der Waals surface area (Å²) in [5, 5.41) is 0. The van der Waals surface area contributed by atoms with Gasteiger partial charge in [-0.15, -0.1) is 0 Å². The normalized spacial score (nSPS) is 17.1. The maximum absolute atomic E-state index is 12.0. The summed E-state index contributed by atoms with van der Waals surface area (Å²) in [6.07, 6.45) is 0.747. The van der Waals surface area contributed by atoms with Crippen LogP contribution in [0.15, 0.2) is 24.3 Å². The van der Waals surface area contributed by atoms with Gasteiger partial charge in [0.05, 0.1) is 18.7 Å². The Labute approximate surface area is 128 Å². The second-order valence-corrected chi connectivity index (χ2v) is 6.21. The maximum atomic E-state index is 12.0. The Hall–Kier alpha value is -1.21. The van der Waals surface area contributed by atoms with Crippen LogP contribution in [0, 0.1) is 0 Å². The van der Waals surface area contributed by atoms with E-state index in [9.17, 15) is 4.79 Å². The Morgan fingerprint density at radius 3 is 2.52 bits per heavy atom. The summed E-state index contributed by atoms with van der Waals surface area (Å²) in [4.78, 5) is 12.0. The van der Waals surface area contributed by atoms with Gasteiger partial charge in [-0.1, -0.05) is 18.2 Å². The van der Waals surface area contributed by atoms with Crippen LogP contribution in [0.2, 0.25) is 6.04 Å². The average molecular weight is 307 g/mol. The highest BCUT2D eigenvalue weighted by molar-refractivity contribution is 6.33. The van der Waals surface area contributed by atoms with Crippen molar-refractivity contribution in [3.63, 3.8) is 0 Å². The minimum atomic E-state index is -0.415. The van der Waals surface area contributed by atoms with Crippen molar-refractivity contribution in [2.75, 3.05) is 27.9 Å². The Balaban J connectivity index is 2.42. The van der Waals surface area contributed by atoms with Crippen LogP contribution in [-0.2, 0) is 14.2 Å². The second-order valence-electron chi connectivity index (χ2n) is 4.82. The van der Waals surface area contributed by atoms with E-state index in [1.54, 1.807) is 20.3 Å². The average Bonchev–Trinajstić information content (AvgIpc) is 3.05. The fourth-order valence-corrected chi connectivity index (χ4v) is 4.03. The zero-order valence-corrected chi connectivity index (χ0v) is 13.7. The number of methoxy groups -OCH3 is 3. The molecule has 1 atom stereocenters. The van der Waals surface area contributed by atoms with Crippen LogP contribution in [0.1, 0.15) is 28.4 Å². The molecule has 0 saturated carbocycles. The molecule has 1 aliphatic rings. The topological polar surface area (TPSA) is 48.0 Å². The lowest BCUT2D eigenvalue weighted by molar-refractivity contribution is -0.137. The first kappa shape index (κ1) is 16.2. The van der Waals surface area contributed by atoms with Gasteiger partial charge in [0.15, 0.2) is 6.29 Å². The van der Waals surface area contributed by atoms with Crippen molar-refractivity contribution in [1.29, 1.82) is 0 Å². The van der Waals surface area contributed by atoms with Crippen molar-refractivity contribution < 1.29 is 19.0 Å². The SMILES string of the molecule is COC(=O)c1ccccc1C(C(OC)OC)N1CCC[Si]1. The molecule has 1 aromatic carbocycles. The van der Waals surface area contributed by atoms with Crippen LogP contribution < -0.4 is 0 Å². The van der Waals surface area contributed by atoms with E-state index in [4.69, 9.17) is 14.2 Å². The number of carbonyl (C=O) groups is 1. The maximum Gasteiger partial charge on any atom is 0.338 e. The molecule has 21 heavy (non-hydrogen) atoms. The van der Waals surface area contributed by atoms with Gasteiger partial charge < -0.3 is 18.8 Å². The molecule has 2 radical (unpaired) electrons. The van der Waals surface area contributed by atoms with E-state index in [0.717, 1.165) is 18.5 Å². The highest BCUT2D eigenvalue weighted by Crippen LogP contribution is 2.31. The van der Waals surface area contributed by atoms with Crippen LogP contribution in [0.25, 0.3) is 0 Å². The Kier molecular flexibility index (Phi) is 5.92. The summed E-state index contributed by atoms with van der Waals surface area (Å²) in [5.74, 6) is -0.330. The molecular formula is C15H21NO4Si. The van der Waals surface area contributed by atoms with Gasteiger partial charge in [-0.25, -0.2) is 4.79 Å². The largest absolute Gasteiger partial charge is 0.465 e. The zero-order valence-electron chi connectivity index (χ0n) is 12.7. The van der Waals surface area contributed by atoms with Crippen molar-refractivity contribution in [1.82, 2.24) is 4.57 Å². The van der Waals surface area contributed by atoms with Gasteiger partial charge in [0.25, 0.3) is 0 Å². The van der Waals surface area contributed by atoms with E-state index >= 15 is 0 Å². The molecule has 0 spiro atoms. The van der Waals surface area contributed by atoms with Gasteiger partial charge in [0, 0.05) is 14.2 Å². The van der Waals surface area contributed by atoms with Crippen LogP contribution in [-0.4, -0.2) is 54.4 Å². The number of rotatable bonds is 6. The van der Waals surface area contributed by atoms with Crippen molar-refractivity contribution >= 4 is 15.7 Å². The summed E-state index contributed by atoms with van der Waals surface area (Å²) in [5.41, 5.74) is 1.47. The fourth-order valence-electron chi connectivity index (χ4n) is 2.65. The standard InChI is InChI=1S/C15H21NO4Si/c1-18-14(17)12-8-5-4-7-11(12)13(15(19-2)20-3)16-9-6-10-21-16/h4-5,7-8,13,15H,6,9-10H2,1-3H3. The van der Waals surface area contributed by atoms with Crippen molar-refractivity contribution in [3.8, 4) is 0 Å². The van der Waals surface area contributed by atoms with E-state index in [0.29, 0.717) is 15.2 Å². The van der Waals surface area contributed by atoms with Crippen LogP contribution >= 0.6 is 0 Å². The lowest BCUT2D eigenvalue weighted by Gasteiger charge is -2.33. The molecule has 1 unspecified atom stereocenters. The Morgan fingerprint density at radius 1 is 1.24 bits per heavy atom. The quantitative estimate of drug-likeness (QED) is 0.456. The van der Waals surface area contributed by atoms with Crippen molar-refractivity contribution in [3.05, 3.63) is 35.4 Å². The molecule has 1 aliphatic heterocycles. The molecule has 0 aromatic heterocycles. The molecule has 1 aromatic rings. The molecule has 1 fully saturated rings. The monoisotopic (exact) mass is 307 g/mol. The highest BCUT2D eigenvalue weighted by atomic mass is 28.2. The van der Waals surface area contributed by atoms with E-state index in [1.165, 1.54) is 13.2 Å². The number of esters is 1. The molecule has 0 bridgehead atoms. The predicted octanol–water partition coefficient (Wildman–Crippen LogP) is 1.88.